The molecule has 12 heteroatoms. The van der Waals surface area contributed by atoms with Gasteiger partial charge in [0.2, 0.25) is 0 Å². The number of carboxylic acids is 1. The Morgan fingerprint density at radius 3 is 2.12 bits per heavy atom. The average Bonchev–Trinajstić information content (AvgIpc) is 3.60. The molecule has 10 nitrogen and oxygen atoms in total. The standard InChI is InChI=1S/C36H55N5O5Si2/c1-9-46-25(2)32-33(29-19-26-10-11-27(18-26)20-29)39-34-30(28-12-13-31(36(42)43)37-21-28)22-38-41(34)35(32)40(23-44-14-16-47(3,4)5)24-45-15-17-48(6,7)8/h12-13,21-22,26-27,29H,2,9-11,14-20,23-24H2,1,3-8H3,(H,42,43)/t26-,27+,29?. The van der Waals surface area contributed by atoms with Gasteiger partial charge in [0, 0.05) is 52.6 Å². The number of fused-ring (bicyclic) bond motifs is 3. The number of carbonyl (C=O) groups is 1. The van der Waals surface area contributed by atoms with Crippen LogP contribution in [0, 0.1) is 11.8 Å². The zero-order valence-corrected chi connectivity index (χ0v) is 32.1. The van der Waals surface area contributed by atoms with Gasteiger partial charge >= 0.3 is 5.97 Å². The zero-order valence-electron chi connectivity index (χ0n) is 30.1. The molecule has 2 aliphatic rings. The van der Waals surface area contributed by atoms with Crippen LogP contribution in [0.1, 0.15) is 66.7 Å². The third kappa shape index (κ3) is 8.93. The molecule has 0 aromatic carbocycles. The van der Waals surface area contributed by atoms with Crippen LogP contribution in [-0.2, 0) is 14.2 Å². The Hall–Kier alpha value is -3.07. The highest BCUT2D eigenvalue weighted by Crippen LogP contribution is 2.50. The summed E-state index contributed by atoms with van der Waals surface area (Å²) in [5.41, 5.74) is 4.07. The summed E-state index contributed by atoms with van der Waals surface area (Å²) in [4.78, 5) is 23.3. The van der Waals surface area contributed by atoms with E-state index in [4.69, 9.17) is 24.3 Å². The van der Waals surface area contributed by atoms with Gasteiger partial charge in [-0.25, -0.2) is 14.8 Å². The SMILES string of the molecule is C=C(OCC)c1c(C2C[C@H]3CC[C@@H](C2)C3)nc2c(-c3ccc(C(=O)O)nc3)cnn2c1N(COCC[Si](C)(C)C)COCC[Si](C)(C)C. The van der Waals surface area contributed by atoms with Crippen molar-refractivity contribution in [3.05, 3.63) is 48.1 Å². The highest BCUT2D eigenvalue weighted by Gasteiger charge is 2.38. The van der Waals surface area contributed by atoms with E-state index >= 15 is 0 Å². The lowest BCUT2D eigenvalue weighted by atomic mass is 9.78. The van der Waals surface area contributed by atoms with Crippen molar-refractivity contribution in [1.29, 1.82) is 0 Å². The molecule has 0 aliphatic heterocycles. The third-order valence-corrected chi connectivity index (χ3v) is 13.0. The van der Waals surface area contributed by atoms with Crippen molar-refractivity contribution < 1.29 is 24.1 Å². The van der Waals surface area contributed by atoms with Crippen LogP contribution >= 0.6 is 0 Å². The molecule has 3 heterocycles. The molecule has 0 radical (unpaired) electrons. The number of nitrogens with zero attached hydrogens (tertiary/aromatic N) is 5. The van der Waals surface area contributed by atoms with Gasteiger partial charge in [-0.15, -0.1) is 0 Å². The minimum absolute atomic E-state index is 0.00495. The van der Waals surface area contributed by atoms with Crippen LogP contribution in [0.3, 0.4) is 0 Å². The first-order valence-electron chi connectivity index (χ1n) is 17.6. The highest BCUT2D eigenvalue weighted by molar-refractivity contribution is 6.76. The maximum atomic E-state index is 11.6. The van der Waals surface area contributed by atoms with Gasteiger partial charge in [-0.1, -0.05) is 64.8 Å². The molecule has 48 heavy (non-hydrogen) atoms. The van der Waals surface area contributed by atoms with Crippen LogP contribution in [0.25, 0.3) is 22.5 Å². The smallest absolute Gasteiger partial charge is 0.354 e. The highest BCUT2D eigenvalue weighted by atomic mass is 28.3. The summed E-state index contributed by atoms with van der Waals surface area (Å²) in [5, 5.41) is 14.4. The quantitative estimate of drug-likeness (QED) is 0.0647. The summed E-state index contributed by atoms with van der Waals surface area (Å²) in [7, 11) is -2.61. The van der Waals surface area contributed by atoms with Gasteiger partial charge in [0.25, 0.3) is 0 Å². The van der Waals surface area contributed by atoms with Gasteiger partial charge in [0.1, 0.15) is 30.7 Å². The number of aromatic carboxylic acids is 1. The number of hydrogen-bond acceptors (Lipinski definition) is 8. The molecule has 2 fully saturated rings. The second-order valence-corrected chi connectivity index (χ2v) is 27.3. The molecule has 2 aliphatic carbocycles. The molecular formula is C36H55N5O5Si2. The van der Waals surface area contributed by atoms with Gasteiger partial charge in [0.15, 0.2) is 5.65 Å². The van der Waals surface area contributed by atoms with Gasteiger partial charge in [-0.3, -0.25) is 0 Å². The lowest BCUT2D eigenvalue weighted by Gasteiger charge is -2.33. The predicted octanol–water partition coefficient (Wildman–Crippen LogP) is 8.22. The summed E-state index contributed by atoms with van der Waals surface area (Å²) in [6.07, 6.45) is 9.41. The predicted molar refractivity (Wildman–Crippen MR) is 197 cm³/mol. The normalized spacial score (nSPS) is 19.5. The summed E-state index contributed by atoms with van der Waals surface area (Å²) in [6, 6.07) is 5.42. The van der Waals surface area contributed by atoms with Crippen molar-refractivity contribution in [3.8, 4) is 11.1 Å². The molecule has 0 spiro atoms. The van der Waals surface area contributed by atoms with Crippen LogP contribution in [0.5, 0.6) is 0 Å². The van der Waals surface area contributed by atoms with E-state index < -0.39 is 22.1 Å². The number of anilines is 1. The number of ether oxygens (including phenoxy) is 3. The van der Waals surface area contributed by atoms with Crippen LogP contribution < -0.4 is 4.90 Å². The molecule has 5 rings (SSSR count). The maximum Gasteiger partial charge on any atom is 0.354 e. The third-order valence-electron chi connectivity index (χ3n) is 9.60. The summed E-state index contributed by atoms with van der Waals surface area (Å²) in [6.45, 7) is 23.0. The van der Waals surface area contributed by atoms with Gasteiger partial charge in [-0.2, -0.15) is 9.61 Å². The Bertz CT molecular complexity index is 1550. The van der Waals surface area contributed by atoms with E-state index in [1.807, 2.05) is 11.4 Å². The Balaban J connectivity index is 1.66. The Morgan fingerprint density at radius 2 is 1.60 bits per heavy atom. The first-order valence-corrected chi connectivity index (χ1v) is 25.0. The van der Waals surface area contributed by atoms with E-state index in [2.05, 4.69) is 55.7 Å². The largest absolute Gasteiger partial charge is 0.494 e. The molecule has 262 valence electrons. The zero-order chi connectivity index (χ0) is 34.6. The van der Waals surface area contributed by atoms with Crippen LogP contribution in [0.2, 0.25) is 51.4 Å². The molecule has 0 saturated heterocycles. The van der Waals surface area contributed by atoms with E-state index in [9.17, 15) is 9.90 Å². The number of pyridine rings is 1. The first kappa shape index (κ1) is 36.2. The Morgan fingerprint density at radius 1 is 0.979 bits per heavy atom. The second-order valence-electron chi connectivity index (χ2n) is 16.0. The van der Waals surface area contributed by atoms with E-state index in [0.717, 1.165) is 53.1 Å². The first-order chi connectivity index (χ1) is 22.7. The number of hydrogen-bond donors (Lipinski definition) is 1. The molecule has 1 unspecified atom stereocenters. The Kier molecular flexibility index (Phi) is 11.5. The van der Waals surface area contributed by atoms with E-state index in [1.165, 1.54) is 25.3 Å². The number of rotatable bonds is 17. The molecular weight excluding hydrogens is 639 g/mol. The maximum absolute atomic E-state index is 11.6. The van der Waals surface area contributed by atoms with Crippen molar-refractivity contribution in [2.75, 3.05) is 38.2 Å². The Labute approximate surface area is 287 Å². The van der Waals surface area contributed by atoms with Crippen molar-refractivity contribution in [2.24, 2.45) is 11.8 Å². The molecule has 3 aromatic heterocycles. The fourth-order valence-corrected chi connectivity index (χ4v) is 8.49. The van der Waals surface area contributed by atoms with Gasteiger partial charge in [-0.05, 0) is 56.2 Å². The molecule has 0 amide bonds. The molecule has 3 atom stereocenters. The van der Waals surface area contributed by atoms with E-state index in [0.29, 0.717) is 56.5 Å². The fourth-order valence-electron chi connectivity index (χ4n) is 6.98. The minimum Gasteiger partial charge on any atom is -0.494 e. The summed E-state index contributed by atoms with van der Waals surface area (Å²) >= 11 is 0. The van der Waals surface area contributed by atoms with Crippen LogP contribution in [-0.4, -0.2) is 80.1 Å². The second kappa shape index (κ2) is 15.2. The van der Waals surface area contributed by atoms with Gasteiger partial charge < -0.3 is 24.2 Å². The molecule has 3 aromatic rings. The number of aromatic nitrogens is 4. The van der Waals surface area contributed by atoms with Crippen molar-refractivity contribution >= 4 is 39.3 Å². The summed E-state index contributed by atoms with van der Waals surface area (Å²) < 4.78 is 20.9. The van der Waals surface area contributed by atoms with Crippen molar-refractivity contribution in [3.63, 3.8) is 0 Å². The summed E-state index contributed by atoms with van der Waals surface area (Å²) in [5.74, 6) is 1.97. The van der Waals surface area contributed by atoms with Crippen LogP contribution in [0.15, 0.2) is 31.1 Å². The minimum atomic E-state index is -1.30. The number of carboxylic acid groups (broad SMARTS) is 1. The topological polar surface area (TPSA) is 111 Å². The van der Waals surface area contributed by atoms with Crippen LogP contribution in [0.4, 0.5) is 5.82 Å². The molecule has 1 N–H and O–H groups in total. The van der Waals surface area contributed by atoms with E-state index in [-0.39, 0.29) is 11.6 Å². The van der Waals surface area contributed by atoms with Gasteiger partial charge in [0.05, 0.1) is 24.1 Å². The lowest BCUT2D eigenvalue weighted by molar-refractivity contribution is 0.0690. The molecule has 2 saturated carbocycles. The van der Waals surface area contributed by atoms with Crippen molar-refractivity contribution in [2.45, 2.75) is 96.3 Å². The lowest BCUT2D eigenvalue weighted by Crippen LogP contribution is -2.34. The van der Waals surface area contributed by atoms with E-state index in [1.54, 1.807) is 18.5 Å². The monoisotopic (exact) mass is 693 g/mol. The van der Waals surface area contributed by atoms with Crippen molar-refractivity contribution in [1.82, 2.24) is 19.6 Å². The average molecular weight is 694 g/mol. The fraction of sp³-hybridized carbons (Fsp3) is 0.611. The molecule has 2 bridgehead atoms.